The molecule has 0 heterocycles. The number of hydrogen-bond acceptors (Lipinski definition) is 4. The molecule has 0 aromatic heterocycles. The second-order valence-electron chi connectivity index (χ2n) is 5.22. The van der Waals surface area contributed by atoms with E-state index in [0.717, 1.165) is 39.1 Å². The molecular weight excluding hydrogens is 320 g/mol. The van der Waals surface area contributed by atoms with Gasteiger partial charge in [-0.25, -0.2) is 0 Å². The minimum Gasteiger partial charge on any atom is -0.497 e. The normalized spacial score (nSPS) is 10.4. The summed E-state index contributed by atoms with van der Waals surface area (Å²) in [7, 11) is 1.64. The van der Waals surface area contributed by atoms with Crippen molar-refractivity contribution in [3.05, 3.63) is 59.2 Å². The van der Waals surface area contributed by atoms with Crippen molar-refractivity contribution in [1.29, 1.82) is 5.26 Å². The SMILES string of the molecule is COc1cc(C)c(/C=C/C(=O)Nc2ccc(SC#N)cc2)c(C)c1. The summed E-state index contributed by atoms with van der Waals surface area (Å²) < 4.78 is 5.24. The zero-order valence-electron chi connectivity index (χ0n) is 13.8. The van der Waals surface area contributed by atoms with Crippen LogP contribution in [0.5, 0.6) is 5.75 Å². The number of ether oxygens (including phenoxy) is 1. The molecule has 5 heteroatoms. The Bertz CT molecular complexity index is 782. The van der Waals surface area contributed by atoms with Crippen molar-refractivity contribution in [2.24, 2.45) is 0 Å². The highest BCUT2D eigenvalue weighted by Crippen LogP contribution is 2.23. The average molecular weight is 338 g/mol. The summed E-state index contributed by atoms with van der Waals surface area (Å²) in [5, 5.41) is 13.4. The molecule has 4 nitrogen and oxygen atoms in total. The molecule has 0 saturated heterocycles. The number of benzene rings is 2. The van der Waals surface area contributed by atoms with Crippen molar-refractivity contribution in [3.8, 4) is 11.2 Å². The zero-order chi connectivity index (χ0) is 17.5. The number of amides is 1. The van der Waals surface area contributed by atoms with Crippen LogP contribution < -0.4 is 10.1 Å². The maximum atomic E-state index is 12.1. The van der Waals surface area contributed by atoms with Gasteiger partial charge >= 0.3 is 0 Å². The van der Waals surface area contributed by atoms with Gasteiger partial charge in [0.25, 0.3) is 0 Å². The van der Waals surface area contributed by atoms with Gasteiger partial charge in [0, 0.05) is 16.7 Å². The minimum absolute atomic E-state index is 0.203. The molecule has 2 aromatic rings. The second-order valence-corrected chi connectivity index (χ2v) is 6.07. The fourth-order valence-electron chi connectivity index (χ4n) is 2.32. The van der Waals surface area contributed by atoms with Crippen molar-refractivity contribution in [3.63, 3.8) is 0 Å². The maximum Gasteiger partial charge on any atom is 0.248 e. The lowest BCUT2D eigenvalue weighted by Crippen LogP contribution is -2.07. The van der Waals surface area contributed by atoms with Gasteiger partial charge in [0.15, 0.2) is 0 Å². The van der Waals surface area contributed by atoms with Crippen LogP contribution in [0.1, 0.15) is 16.7 Å². The highest BCUT2D eigenvalue weighted by molar-refractivity contribution is 8.03. The molecular formula is C19H18N2O2S. The van der Waals surface area contributed by atoms with E-state index in [0.29, 0.717) is 5.69 Å². The summed E-state index contributed by atoms with van der Waals surface area (Å²) in [4.78, 5) is 12.9. The number of carbonyl (C=O) groups is 1. The Morgan fingerprint density at radius 1 is 1.21 bits per heavy atom. The number of nitrogens with one attached hydrogen (secondary N) is 1. The van der Waals surface area contributed by atoms with Crippen LogP contribution in [0.3, 0.4) is 0 Å². The Kier molecular flexibility index (Phi) is 6.05. The molecule has 0 unspecified atom stereocenters. The molecule has 0 saturated carbocycles. The molecule has 0 spiro atoms. The topological polar surface area (TPSA) is 62.1 Å². The van der Waals surface area contributed by atoms with Crippen molar-refractivity contribution < 1.29 is 9.53 Å². The van der Waals surface area contributed by atoms with Crippen molar-refractivity contribution in [2.45, 2.75) is 18.7 Å². The van der Waals surface area contributed by atoms with Gasteiger partial charge in [-0.3, -0.25) is 4.79 Å². The third-order valence-electron chi connectivity index (χ3n) is 3.49. The summed E-state index contributed by atoms with van der Waals surface area (Å²) in [6.45, 7) is 3.97. The quantitative estimate of drug-likeness (QED) is 0.494. The van der Waals surface area contributed by atoms with Crippen LogP contribution in [0.2, 0.25) is 0 Å². The predicted molar refractivity (Wildman–Crippen MR) is 98.0 cm³/mol. The molecule has 0 aliphatic heterocycles. The van der Waals surface area contributed by atoms with Crippen LogP contribution in [0.25, 0.3) is 6.08 Å². The monoisotopic (exact) mass is 338 g/mol. The van der Waals surface area contributed by atoms with E-state index in [2.05, 4.69) is 5.32 Å². The first-order valence-electron chi connectivity index (χ1n) is 7.34. The molecule has 0 aliphatic rings. The van der Waals surface area contributed by atoms with Crippen molar-refractivity contribution in [1.82, 2.24) is 0 Å². The largest absolute Gasteiger partial charge is 0.497 e. The van der Waals surface area contributed by atoms with E-state index in [1.54, 1.807) is 37.5 Å². The molecule has 2 rings (SSSR count). The van der Waals surface area contributed by atoms with Gasteiger partial charge in [-0.2, -0.15) is 5.26 Å². The number of aryl methyl sites for hydroxylation is 2. The van der Waals surface area contributed by atoms with Crippen molar-refractivity contribution in [2.75, 3.05) is 12.4 Å². The molecule has 1 amide bonds. The van der Waals surface area contributed by atoms with E-state index in [9.17, 15) is 4.79 Å². The van der Waals surface area contributed by atoms with Gasteiger partial charge in [0.2, 0.25) is 5.91 Å². The van der Waals surface area contributed by atoms with Crippen LogP contribution in [0.15, 0.2) is 47.4 Å². The Morgan fingerprint density at radius 3 is 2.38 bits per heavy atom. The van der Waals surface area contributed by atoms with E-state index in [-0.39, 0.29) is 5.91 Å². The van der Waals surface area contributed by atoms with Gasteiger partial charge in [0.1, 0.15) is 11.2 Å². The maximum absolute atomic E-state index is 12.1. The van der Waals surface area contributed by atoms with E-state index in [1.807, 2.05) is 31.4 Å². The third kappa shape index (κ3) is 4.64. The van der Waals surface area contributed by atoms with E-state index < -0.39 is 0 Å². The number of hydrogen-bond donors (Lipinski definition) is 1. The molecule has 0 atom stereocenters. The summed E-state index contributed by atoms with van der Waals surface area (Å²) in [5.41, 5.74) is 3.80. The number of nitrogens with zero attached hydrogens (tertiary/aromatic N) is 1. The van der Waals surface area contributed by atoms with Gasteiger partial charge in [-0.1, -0.05) is 0 Å². The molecule has 2 aromatic carbocycles. The highest BCUT2D eigenvalue weighted by atomic mass is 32.2. The lowest BCUT2D eigenvalue weighted by atomic mass is 10.0. The second kappa shape index (κ2) is 8.23. The van der Waals surface area contributed by atoms with Crippen LogP contribution in [-0.4, -0.2) is 13.0 Å². The average Bonchev–Trinajstić information content (AvgIpc) is 2.56. The van der Waals surface area contributed by atoms with Crippen molar-refractivity contribution >= 4 is 29.4 Å². The first kappa shape index (κ1) is 17.6. The highest BCUT2D eigenvalue weighted by Gasteiger charge is 2.04. The Labute approximate surface area is 146 Å². The molecule has 0 bridgehead atoms. The van der Waals surface area contributed by atoms with Crippen LogP contribution in [-0.2, 0) is 4.79 Å². The summed E-state index contributed by atoms with van der Waals surface area (Å²) in [6.07, 6.45) is 3.32. The number of methoxy groups -OCH3 is 1. The molecule has 122 valence electrons. The number of thiocyanates is 1. The van der Waals surface area contributed by atoms with Crippen LogP contribution >= 0.6 is 11.8 Å². The summed E-state index contributed by atoms with van der Waals surface area (Å²) in [6, 6.07) is 11.0. The van der Waals surface area contributed by atoms with Gasteiger partial charge < -0.3 is 10.1 Å². The molecule has 1 N–H and O–H groups in total. The van der Waals surface area contributed by atoms with Crippen LogP contribution in [0.4, 0.5) is 5.69 Å². The predicted octanol–water partition coefficient (Wildman–Crippen LogP) is 4.54. The number of carbonyl (C=O) groups excluding carboxylic acids is 1. The molecule has 0 aliphatic carbocycles. The molecule has 0 radical (unpaired) electrons. The number of anilines is 1. The standard InChI is InChI=1S/C19H18N2O2S/c1-13-10-16(23-3)11-14(2)18(13)8-9-19(22)21-15-4-6-17(7-5-15)24-12-20/h4-11H,1-3H3,(H,21,22)/b9-8+. The Hall–Kier alpha value is -2.71. The summed E-state index contributed by atoms with van der Waals surface area (Å²) >= 11 is 1.09. The smallest absolute Gasteiger partial charge is 0.248 e. The van der Waals surface area contributed by atoms with E-state index >= 15 is 0 Å². The number of nitriles is 1. The molecule has 24 heavy (non-hydrogen) atoms. The van der Waals surface area contributed by atoms with Gasteiger partial charge in [0.05, 0.1) is 7.11 Å². The lowest BCUT2D eigenvalue weighted by Gasteiger charge is -2.09. The first-order chi connectivity index (χ1) is 11.5. The minimum atomic E-state index is -0.203. The molecule has 0 fully saturated rings. The van der Waals surface area contributed by atoms with E-state index in [4.69, 9.17) is 10.00 Å². The zero-order valence-corrected chi connectivity index (χ0v) is 14.6. The number of rotatable bonds is 5. The third-order valence-corrected chi connectivity index (χ3v) is 4.09. The lowest BCUT2D eigenvalue weighted by molar-refractivity contribution is -0.111. The number of thioether (sulfide) groups is 1. The fraction of sp³-hybridized carbons (Fsp3) is 0.158. The van der Waals surface area contributed by atoms with E-state index in [1.165, 1.54) is 6.08 Å². The fourth-order valence-corrected chi connectivity index (χ4v) is 2.70. The van der Waals surface area contributed by atoms with Gasteiger partial charge in [-0.15, -0.1) is 0 Å². The van der Waals surface area contributed by atoms with Crippen LogP contribution in [0, 0.1) is 24.5 Å². The van der Waals surface area contributed by atoms with Gasteiger partial charge in [-0.05, 0) is 84.8 Å². The Balaban J connectivity index is 2.07. The first-order valence-corrected chi connectivity index (χ1v) is 8.15. The Morgan fingerprint density at radius 2 is 1.83 bits per heavy atom. The summed E-state index contributed by atoms with van der Waals surface area (Å²) in [5.74, 6) is 0.604.